The molecule has 0 aromatic carbocycles. The second-order valence-electron chi connectivity index (χ2n) is 5.26. The molecule has 1 saturated carbocycles. The summed E-state index contributed by atoms with van der Waals surface area (Å²) in [5.74, 6) is 0.848. The zero-order valence-electron chi connectivity index (χ0n) is 11.6. The number of aromatic nitrogens is 2. The second kappa shape index (κ2) is 5.95. The van der Waals surface area contributed by atoms with Crippen molar-refractivity contribution in [2.75, 3.05) is 0 Å². The number of carbonyl (C=O) groups excluding carboxylic acids is 1. The van der Waals surface area contributed by atoms with Crippen molar-refractivity contribution in [3.63, 3.8) is 0 Å². The molecule has 2 heterocycles. The minimum atomic E-state index is -0.244. The van der Waals surface area contributed by atoms with E-state index in [4.69, 9.17) is 4.42 Å². The van der Waals surface area contributed by atoms with E-state index in [1.165, 1.54) is 17.3 Å². The lowest BCUT2D eigenvalue weighted by Gasteiger charge is -2.24. The van der Waals surface area contributed by atoms with Crippen LogP contribution in [0.25, 0.3) is 0 Å². The van der Waals surface area contributed by atoms with Crippen LogP contribution in [0.1, 0.15) is 36.6 Å². The smallest absolute Gasteiger partial charge is 0.254 e. The van der Waals surface area contributed by atoms with Crippen LogP contribution < -0.4 is 10.9 Å². The Bertz CT molecular complexity index is 672. The van der Waals surface area contributed by atoms with E-state index < -0.39 is 0 Å². The first kappa shape index (κ1) is 13.6. The van der Waals surface area contributed by atoms with Gasteiger partial charge >= 0.3 is 0 Å². The molecule has 1 fully saturated rings. The predicted octanol–water partition coefficient (Wildman–Crippen LogP) is 1.42. The van der Waals surface area contributed by atoms with Gasteiger partial charge in [0.05, 0.1) is 24.8 Å². The van der Waals surface area contributed by atoms with Crippen molar-refractivity contribution in [2.45, 2.75) is 38.3 Å². The molecule has 0 bridgehead atoms. The highest BCUT2D eigenvalue weighted by molar-refractivity contribution is 5.75. The summed E-state index contributed by atoms with van der Waals surface area (Å²) in [7, 11) is 0. The van der Waals surface area contributed by atoms with E-state index in [9.17, 15) is 9.59 Å². The number of rotatable bonds is 5. The molecule has 0 unspecified atom stereocenters. The molecule has 1 amide bonds. The van der Waals surface area contributed by atoms with E-state index in [0.717, 1.165) is 18.5 Å². The van der Waals surface area contributed by atoms with Crippen LogP contribution in [0.4, 0.5) is 0 Å². The summed E-state index contributed by atoms with van der Waals surface area (Å²) in [6.07, 6.45) is 6.41. The SMILES string of the molecule is O=C(Cn1cnc(C2CCC2)cc1=O)NCc1ccco1. The largest absolute Gasteiger partial charge is 0.467 e. The van der Waals surface area contributed by atoms with E-state index >= 15 is 0 Å². The van der Waals surface area contributed by atoms with Crippen LogP contribution in [0.15, 0.2) is 40.0 Å². The van der Waals surface area contributed by atoms with Crippen LogP contribution in [0, 0.1) is 0 Å². The average molecular weight is 287 g/mol. The molecule has 110 valence electrons. The molecule has 0 spiro atoms. The van der Waals surface area contributed by atoms with E-state index in [1.54, 1.807) is 24.5 Å². The van der Waals surface area contributed by atoms with Crippen molar-refractivity contribution >= 4 is 5.91 Å². The minimum Gasteiger partial charge on any atom is -0.467 e. The van der Waals surface area contributed by atoms with E-state index in [0.29, 0.717) is 18.2 Å². The first-order chi connectivity index (χ1) is 10.2. The first-order valence-electron chi connectivity index (χ1n) is 7.08. The zero-order valence-corrected chi connectivity index (χ0v) is 11.6. The van der Waals surface area contributed by atoms with Gasteiger partial charge in [-0.1, -0.05) is 6.42 Å². The van der Waals surface area contributed by atoms with Gasteiger partial charge in [0.15, 0.2) is 0 Å². The number of amides is 1. The van der Waals surface area contributed by atoms with Gasteiger partial charge < -0.3 is 9.73 Å². The number of furan rings is 1. The first-order valence-corrected chi connectivity index (χ1v) is 7.08. The van der Waals surface area contributed by atoms with Crippen LogP contribution in [0.5, 0.6) is 0 Å². The molecule has 3 rings (SSSR count). The van der Waals surface area contributed by atoms with E-state index in [2.05, 4.69) is 10.3 Å². The molecule has 6 nitrogen and oxygen atoms in total. The summed E-state index contributed by atoms with van der Waals surface area (Å²) in [5, 5.41) is 2.70. The Morgan fingerprint density at radius 1 is 1.48 bits per heavy atom. The lowest BCUT2D eigenvalue weighted by Crippen LogP contribution is -2.32. The molecule has 1 N–H and O–H groups in total. The van der Waals surface area contributed by atoms with Crippen molar-refractivity contribution in [1.82, 2.24) is 14.9 Å². The standard InChI is InChI=1S/C15H17N3O3/c19-14(16-8-12-5-2-6-21-12)9-18-10-17-13(7-15(18)20)11-3-1-4-11/h2,5-7,10-11H,1,3-4,8-9H2,(H,16,19). The summed E-state index contributed by atoms with van der Waals surface area (Å²) in [6, 6.07) is 5.08. The maximum atomic E-state index is 12.0. The highest BCUT2D eigenvalue weighted by atomic mass is 16.3. The van der Waals surface area contributed by atoms with Crippen LogP contribution in [0.2, 0.25) is 0 Å². The molecular weight excluding hydrogens is 270 g/mol. The fourth-order valence-corrected chi connectivity index (χ4v) is 2.30. The normalized spacial score (nSPS) is 14.7. The fourth-order valence-electron chi connectivity index (χ4n) is 2.30. The van der Waals surface area contributed by atoms with E-state index in [-0.39, 0.29) is 18.0 Å². The van der Waals surface area contributed by atoms with E-state index in [1.807, 2.05) is 0 Å². The monoisotopic (exact) mass is 287 g/mol. The van der Waals surface area contributed by atoms with Gasteiger partial charge in [-0.05, 0) is 25.0 Å². The summed E-state index contributed by atoms with van der Waals surface area (Å²) >= 11 is 0. The molecule has 1 aliphatic rings. The minimum absolute atomic E-state index is 0.0303. The Morgan fingerprint density at radius 3 is 2.95 bits per heavy atom. The number of nitrogens with one attached hydrogen (secondary N) is 1. The van der Waals surface area contributed by atoms with Gasteiger partial charge in [-0.15, -0.1) is 0 Å². The third-order valence-electron chi connectivity index (χ3n) is 3.78. The molecule has 0 saturated heterocycles. The zero-order chi connectivity index (χ0) is 14.7. The van der Waals surface area contributed by atoms with Crippen LogP contribution in [0.3, 0.4) is 0 Å². The van der Waals surface area contributed by atoms with Gasteiger partial charge in [0.25, 0.3) is 5.56 Å². The Kier molecular flexibility index (Phi) is 3.85. The topological polar surface area (TPSA) is 77.1 Å². The summed E-state index contributed by atoms with van der Waals surface area (Å²) in [5.41, 5.74) is 0.665. The van der Waals surface area contributed by atoms with Gasteiger partial charge in [0.1, 0.15) is 12.3 Å². The number of hydrogen-bond donors (Lipinski definition) is 1. The highest BCUT2D eigenvalue weighted by Gasteiger charge is 2.21. The van der Waals surface area contributed by atoms with Gasteiger partial charge in [-0.2, -0.15) is 0 Å². The van der Waals surface area contributed by atoms with Crippen molar-refractivity contribution in [2.24, 2.45) is 0 Å². The van der Waals surface area contributed by atoms with Crippen LogP contribution >= 0.6 is 0 Å². The molecule has 1 aliphatic carbocycles. The Balaban J connectivity index is 1.59. The number of hydrogen-bond acceptors (Lipinski definition) is 4. The Morgan fingerprint density at radius 2 is 2.33 bits per heavy atom. The Hall–Kier alpha value is -2.37. The van der Waals surface area contributed by atoms with Crippen molar-refractivity contribution in [3.05, 3.63) is 52.6 Å². The van der Waals surface area contributed by atoms with Gasteiger partial charge in [0.2, 0.25) is 5.91 Å². The highest BCUT2D eigenvalue weighted by Crippen LogP contribution is 2.34. The Labute approximate surface area is 121 Å². The van der Waals surface area contributed by atoms with Gasteiger partial charge in [-0.3, -0.25) is 14.2 Å². The van der Waals surface area contributed by atoms with Gasteiger partial charge in [0, 0.05) is 12.0 Å². The molecule has 2 aromatic heterocycles. The molecular formula is C15H17N3O3. The van der Waals surface area contributed by atoms with Crippen molar-refractivity contribution in [1.29, 1.82) is 0 Å². The number of nitrogens with zero attached hydrogens (tertiary/aromatic N) is 2. The maximum absolute atomic E-state index is 12.0. The molecule has 2 aromatic rings. The van der Waals surface area contributed by atoms with Crippen molar-refractivity contribution < 1.29 is 9.21 Å². The lowest BCUT2D eigenvalue weighted by molar-refractivity contribution is -0.122. The molecule has 21 heavy (non-hydrogen) atoms. The van der Waals surface area contributed by atoms with Gasteiger partial charge in [-0.25, -0.2) is 4.98 Å². The van der Waals surface area contributed by atoms with Crippen molar-refractivity contribution in [3.8, 4) is 0 Å². The average Bonchev–Trinajstić information content (AvgIpc) is 2.91. The summed E-state index contributed by atoms with van der Waals surface area (Å²) in [4.78, 5) is 28.1. The molecule has 0 aliphatic heterocycles. The lowest BCUT2D eigenvalue weighted by atomic mass is 9.83. The maximum Gasteiger partial charge on any atom is 0.254 e. The second-order valence-corrected chi connectivity index (χ2v) is 5.26. The molecule has 6 heteroatoms. The third-order valence-corrected chi connectivity index (χ3v) is 3.78. The van der Waals surface area contributed by atoms with Crippen LogP contribution in [-0.2, 0) is 17.9 Å². The van der Waals surface area contributed by atoms with Crippen LogP contribution in [-0.4, -0.2) is 15.5 Å². The predicted molar refractivity (Wildman–Crippen MR) is 75.6 cm³/mol. The third kappa shape index (κ3) is 3.21. The molecule has 0 radical (unpaired) electrons. The summed E-state index contributed by atoms with van der Waals surface area (Å²) < 4.78 is 6.44. The number of carbonyl (C=O) groups is 1. The molecule has 0 atom stereocenters. The quantitative estimate of drug-likeness (QED) is 0.902. The summed E-state index contributed by atoms with van der Waals surface area (Å²) in [6.45, 7) is 0.283. The fraction of sp³-hybridized carbons (Fsp3) is 0.400.